The van der Waals surface area contributed by atoms with Crippen LogP contribution in [0.5, 0.6) is 5.75 Å². The van der Waals surface area contributed by atoms with Crippen molar-refractivity contribution in [3.05, 3.63) is 71.0 Å². The summed E-state index contributed by atoms with van der Waals surface area (Å²) < 4.78 is 6.30. The predicted molar refractivity (Wildman–Crippen MR) is 112 cm³/mol. The summed E-state index contributed by atoms with van der Waals surface area (Å²) >= 11 is 3.47. The molecule has 4 rings (SSSR count). The summed E-state index contributed by atoms with van der Waals surface area (Å²) in [5.74, 6) is 1.65. The van der Waals surface area contributed by atoms with Gasteiger partial charge in [-0.2, -0.15) is 0 Å². The molecule has 0 fully saturated rings. The summed E-state index contributed by atoms with van der Waals surface area (Å²) in [6, 6.07) is 18.4. The Morgan fingerprint density at radius 1 is 1.04 bits per heavy atom. The van der Waals surface area contributed by atoms with Crippen LogP contribution in [0.2, 0.25) is 0 Å². The molecule has 2 aromatic heterocycles. The number of rotatable bonds is 5. The Morgan fingerprint density at radius 2 is 1.78 bits per heavy atom. The van der Waals surface area contributed by atoms with Gasteiger partial charge in [0.1, 0.15) is 23.5 Å². The molecule has 2 N–H and O–H groups in total. The molecule has 4 aromatic rings. The van der Waals surface area contributed by atoms with Gasteiger partial charge in [0.2, 0.25) is 0 Å². The highest BCUT2D eigenvalue weighted by molar-refractivity contribution is 9.10. The molecular weight excluding hydrogens is 404 g/mol. The maximum Gasteiger partial charge on any atom is 0.143 e. The van der Waals surface area contributed by atoms with Crippen molar-refractivity contribution in [2.45, 2.75) is 13.0 Å². The predicted octanol–water partition coefficient (Wildman–Crippen LogP) is 5.57. The second-order valence-corrected chi connectivity index (χ2v) is 7.23. The smallest absolute Gasteiger partial charge is 0.143 e. The second kappa shape index (κ2) is 7.40. The van der Waals surface area contributed by atoms with Crippen molar-refractivity contribution in [1.29, 1.82) is 0 Å². The highest BCUT2D eigenvalue weighted by Crippen LogP contribution is 2.29. The number of nitrogens with zero attached hydrogens (tertiary/aromatic N) is 2. The van der Waals surface area contributed by atoms with E-state index in [4.69, 9.17) is 4.74 Å². The van der Waals surface area contributed by atoms with Gasteiger partial charge < -0.3 is 15.0 Å². The highest BCUT2D eigenvalue weighted by atomic mass is 79.9. The standard InChI is InChI=1S/C21H19BrN4O/c1-13(14-3-7-16(22)8-4-14)25-20-18-11-19(26-21(18)24-12-23-20)15-5-9-17(27-2)10-6-15/h3-13H,1-2H3,(H2,23,24,25,26)/t13-/m1/s1. The zero-order chi connectivity index (χ0) is 18.8. The Bertz CT molecular complexity index is 1060. The van der Waals surface area contributed by atoms with Crippen LogP contribution in [0.4, 0.5) is 5.82 Å². The maximum atomic E-state index is 5.23. The summed E-state index contributed by atoms with van der Waals surface area (Å²) in [5, 5.41) is 4.46. The van der Waals surface area contributed by atoms with Gasteiger partial charge in [0.25, 0.3) is 0 Å². The zero-order valence-electron chi connectivity index (χ0n) is 15.0. The number of methoxy groups -OCH3 is 1. The number of hydrogen-bond donors (Lipinski definition) is 2. The number of aromatic amines is 1. The van der Waals surface area contributed by atoms with E-state index in [1.165, 1.54) is 5.56 Å². The largest absolute Gasteiger partial charge is 0.497 e. The van der Waals surface area contributed by atoms with Gasteiger partial charge in [-0.3, -0.25) is 0 Å². The molecule has 0 aliphatic heterocycles. The van der Waals surface area contributed by atoms with Crippen LogP contribution in [0.15, 0.2) is 65.4 Å². The van der Waals surface area contributed by atoms with E-state index < -0.39 is 0 Å². The van der Waals surface area contributed by atoms with Crippen LogP contribution in [-0.4, -0.2) is 22.1 Å². The summed E-state index contributed by atoms with van der Waals surface area (Å²) in [6.45, 7) is 2.12. The van der Waals surface area contributed by atoms with E-state index >= 15 is 0 Å². The fourth-order valence-electron chi connectivity index (χ4n) is 3.02. The molecule has 5 nitrogen and oxygen atoms in total. The van der Waals surface area contributed by atoms with Gasteiger partial charge in [-0.25, -0.2) is 9.97 Å². The molecule has 136 valence electrons. The van der Waals surface area contributed by atoms with Crippen LogP contribution in [0.1, 0.15) is 18.5 Å². The number of fused-ring (bicyclic) bond motifs is 1. The van der Waals surface area contributed by atoms with Crippen LogP contribution >= 0.6 is 15.9 Å². The molecule has 0 aliphatic rings. The molecular formula is C21H19BrN4O. The number of hydrogen-bond acceptors (Lipinski definition) is 4. The zero-order valence-corrected chi connectivity index (χ0v) is 16.6. The average Bonchev–Trinajstić information content (AvgIpc) is 3.14. The first kappa shape index (κ1) is 17.5. The SMILES string of the molecule is COc1ccc(-c2cc3c(N[C@H](C)c4ccc(Br)cc4)ncnc3[nH]2)cc1. The van der Waals surface area contributed by atoms with Crippen molar-refractivity contribution >= 4 is 32.8 Å². The lowest BCUT2D eigenvalue weighted by Gasteiger charge is -2.15. The summed E-state index contributed by atoms with van der Waals surface area (Å²) in [7, 11) is 1.66. The van der Waals surface area contributed by atoms with Crippen molar-refractivity contribution < 1.29 is 4.74 Å². The average molecular weight is 423 g/mol. The molecule has 6 heteroatoms. The molecule has 0 aliphatic carbocycles. The molecule has 2 aromatic carbocycles. The Hall–Kier alpha value is -2.86. The number of nitrogens with one attached hydrogen (secondary N) is 2. The molecule has 0 bridgehead atoms. The summed E-state index contributed by atoms with van der Waals surface area (Å²) in [5.41, 5.74) is 4.06. The molecule has 1 atom stereocenters. The molecule has 2 heterocycles. The van der Waals surface area contributed by atoms with Crippen molar-refractivity contribution in [3.8, 4) is 17.0 Å². The minimum Gasteiger partial charge on any atom is -0.497 e. The van der Waals surface area contributed by atoms with Gasteiger partial charge in [0, 0.05) is 16.2 Å². The van der Waals surface area contributed by atoms with E-state index in [1.54, 1.807) is 13.4 Å². The number of benzene rings is 2. The van der Waals surface area contributed by atoms with Crippen LogP contribution in [0.3, 0.4) is 0 Å². The minimum absolute atomic E-state index is 0.121. The molecule has 0 radical (unpaired) electrons. The Labute approximate surface area is 166 Å². The first-order valence-corrected chi connectivity index (χ1v) is 9.43. The molecule has 0 saturated heterocycles. The second-order valence-electron chi connectivity index (χ2n) is 6.31. The van der Waals surface area contributed by atoms with Crippen LogP contribution < -0.4 is 10.1 Å². The quantitative estimate of drug-likeness (QED) is 0.441. The van der Waals surface area contributed by atoms with E-state index in [2.05, 4.69) is 61.3 Å². The molecule has 0 saturated carbocycles. The minimum atomic E-state index is 0.121. The van der Waals surface area contributed by atoms with Crippen molar-refractivity contribution in [2.75, 3.05) is 12.4 Å². The van der Waals surface area contributed by atoms with Gasteiger partial charge in [0.05, 0.1) is 12.5 Å². The lowest BCUT2D eigenvalue weighted by atomic mass is 10.1. The Morgan fingerprint density at radius 3 is 2.48 bits per heavy atom. The van der Waals surface area contributed by atoms with E-state index in [9.17, 15) is 0 Å². The summed E-state index contributed by atoms with van der Waals surface area (Å²) in [4.78, 5) is 12.2. The topological polar surface area (TPSA) is 62.8 Å². The van der Waals surface area contributed by atoms with Gasteiger partial charge in [-0.15, -0.1) is 0 Å². The normalized spacial score (nSPS) is 12.1. The van der Waals surface area contributed by atoms with Crippen LogP contribution in [0, 0.1) is 0 Å². The van der Waals surface area contributed by atoms with Gasteiger partial charge in [0.15, 0.2) is 0 Å². The maximum absolute atomic E-state index is 5.23. The van der Waals surface area contributed by atoms with Crippen molar-refractivity contribution in [3.63, 3.8) is 0 Å². The summed E-state index contributed by atoms with van der Waals surface area (Å²) in [6.07, 6.45) is 1.58. The van der Waals surface area contributed by atoms with Gasteiger partial charge in [-0.1, -0.05) is 28.1 Å². The first-order valence-electron chi connectivity index (χ1n) is 8.64. The Kier molecular flexibility index (Phi) is 4.81. The number of aromatic nitrogens is 3. The lowest BCUT2D eigenvalue weighted by molar-refractivity contribution is 0.415. The van der Waals surface area contributed by atoms with Crippen LogP contribution in [-0.2, 0) is 0 Å². The van der Waals surface area contributed by atoms with Gasteiger partial charge in [-0.05, 0) is 60.5 Å². The third kappa shape index (κ3) is 3.66. The highest BCUT2D eigenvalue weighted by Gasteiger charge is 2.12. The Balaban J connectivity index is 1.65. The monoisotopic (exact) mass is 422 g/mol. The fourth-order valence-corrected chi connectivity index (χ4v) is 3.29. The van der Waals surface area contributed by atoms with Crippen molar-refractivity contribution in [2.24, 2.45) is 0 Å². The lowest BCUT2D eigenvalue weighted by Crippen LogP contribution is -2.08. The molecule has 0 spiro atoms. The molecule has 27 heavy (non-hydrogen) atoms. The fraction of sp³-hybridized carbons (Fsp3) is 0.143. The number of anilines is 1. The number of halogens is 1. The van der Waals surface area contributed by atoms with E-state index in [0.29, 0.717) is 0 Å². The van der Waals surface area contributed by atoms with E-state index in [-0.39, 0.29) is 6.04 Å². The first-order chi connectivity index (χ1) is 13.1. The number of ether oxygens (including phenoxy) is 1. The third-order valence-electron chi connectivity index (χ3n) is 4.55. The van der Waals surface area contributed by atoms with E-state index in [1.807, 2.05) is 36.4 Å². The van der Waals surface area contributed by atoms with Crippen molar-refractivity contribution in [1.82, 2.24) is 15.0 Å². The molecule has 0 amide bonds. The number of H-pyrrole nitrogens is 1. The third-order valence-corrected chi connectivity index (χ3v) is 5.08. The molecule has 0 unspecified atom stereocenters. The van der Waals surface area contributed by atoms with Crippen LogP contribution in [0.25, 0.3) is 22.3 Å². The van der Waals surface area contributed by atoms with E-state index in [0.717, 1.165) is 38.3 Å². The van der Waals surface area contributed by atoms with Gasteiger partial charge >= 0.3 is 0 Å².